The standard InChI is InChI=1S/C19H28N2O3.ClH/c1-13(14(2)20)19(22)21(16-6-4-3-5-7-16)11-15-8-9-17-18(10-15)24-12-23-17;/h8-10,13-14,16H,3-7,11-12,20H2,1-2H3;1H. The minimum absolute atomic E-state index is 0. The fourth-order valence-electron chi connectivity index (χ4n) is 3.50. The predicted molar refractivity (Wildman–Crippen MR) is 100 cm³/mol. The molecule has 1 aliphatic heterocycles. The molecule has 2 unspecified atom stereocenters. The van der Waals surface area contributed by atoms with Crippen molar-refractivity contribution in [1.29, 1.82) is 0 Å². The SMILES string of the molecule is CC(N)C(C)C(=O)N(Cc1ccc2c(c1)OCO2)C1CCCCC1.Cl. The molecular formula is C19H29ClN2O3. The highest BCUT2D eigenvalue weighted by Gasteiger charge is 2.30. The first-order chi connectivity index (χ1) is 11.6. The summed E-state index contributed by atoms with van der Waals surface area (Å²) in [5.41, 5.74) is 7.07. The summed E-state index contributed by atoms with van der Waals surface area (Å²) in [6.07, 6.45) is 5.83. The molecule has 2 atom stereocenters. The maximum Gasteiger partial charge on any atom is 0.231 e. The number of halogens is 1. The molecule has 1 fully saturated rings. The number of hydrogen-bond acceptors (Lipinski definition) is 4. The van der Waals surface area contributed by atoms with E-state index in [0.717, 1.165) is 29.9 Å². The Morgan fingerprint density at radius 2 is 1.88 bits per heavy atom. The second-order valence-corrected chi connectivity index (χ2v) is 7.09. The van der Waals surface area contributed by atoms with E-state index in [4.69, 9.17) is 15.2 Å². The predicted octanol–water partition coefficient (Wildman–Crippen LogP) is 3.48. The van der Waals surface area contributed by atoms with Gasteiger partial charge in [0, 0.05) is 18.6 Å². The van der Waals surface area contributed by atoms with E-state index >= 15 is 0 Å². The maximum atomic E-state index is 13.0. The van der Waals surface area contributed by atoms with Crippen molar-refractivity contribution in [3.8, 4) is 11.5 Å². The highest BCUT2D eigenvalue weighted by molar-refractivity contribution is 5.85. The van der Waals surface area contributed by atoms with Crippen LogP contribution in [-0.2, 0) is 11.3 Å². The molecule has 3 rings (SSSR count). The van der Waals surface area contributed by atoms with Crippen molar-refractivity contribution in [2.45, 2.75) is 64.6 Å². The molecule has 1 amide bonds. The fraction of sp³-hybridized carbons (Fsp3) is 0.632. The van der Waals surface area contributed by atoms with Crippen LogP contribution in [-0.4, -0.2) is 29.7 Å². The third-order valence-corrected chi connectivity index (χ3v) is 5.27. The molecule has 2 aliphatic rings. The molecule has 0 aromatic heterocycles. The van der Waals surface area contributed by atoms with Gasteiger partial charge in [-0.25, -0.2) is 0 Å². The van der Waals surface area contributed by atoms with Crippen molar-refractivity contribution in [3.05, 3.63) is 23.8 Å². The number of carbonyl (C=O) groups excluding carboxylic acids is 1. The van der Waals surface area contributed by atoms with Gasteiger partial charge in [0.1, 0.15) is 0 Å². The molecule has 6 heteroatoms. The van der Waals surface area contributed by atoms with E-state index in [0.29, 0.717) is 12.6 Å². The van der Waals surface area contributed by atoms with Crippen LogP contribution in [0, 0.1) is 5.92 Å². The van der Waals surface area contributed by atoms with Gasteiger partial charge in [0.15, 0.2) is 11.5 Å². The van der Waals surface area contributed by atoms with E-state index in [1.54, 1.807) is 0 Å². The quantitative estimate of drug-likeness (QED) is 0.864. The van der Waals surface area contributed by atoms with Crippen LogP contribution in [0.5, 0.6) is 11.5 Å². The van der Waals surface area contributed by atoms with E-state index in [9.17, 15) is 4.79 Å². The number of nitrogens with two attached hydrogens (primary N) is 1. The smallest absolute Gasteiger partial charge is 0.231 e. The number of hydrogen-bond donors (Lipinski definition) is 1. The van der Waals surface area contributed by atoms with E-state index in [1.165, 1.54) is 19.3 Å². The summed E-state index contributed by atoms with van der Waals surface area (Å²) in [4.78, 5) is 15.1. The third kappa shape index (κ3) is 4.59. The first-order valence-electron chi connectivity index (χ1n) is 9.01. The van der Waals surface area contributed by atoms with Gasteiger partial charge in [0.2, 0.25) is 12.7 Å². The van der Waals surface area contributed by atoms with Crippen molar-refractivity contribution in [2.75, 3.05) is 6.79 Å². The van der Waals surface area contributed by atoms with Crippen LogP contribution >= 0.6 is 12.4 Å². The highest BCUT2D eigenvalue weighted by Crippen LogP contribution is 2.34. The molecular weight excluding hydrogens is 340 g/mol. The molecule has 140 valence electrons. The highest BCUT2D eigenvalue weighted by atomic mass is 35.5. The Balaban J connectivity index is 0.00000225. The van der Waals surface area contributed by atoms with Gasteiger partial charge in [-0.2, -0.15) is 0 Å². The van der Waals surface area contributed by atoms with Crippen molar-refractivity contribution in [2.24, 2.45) is 11.7 Å². The minimum atomic E-state index is -0.166. The summed E-state index contributed by atoms with van der Waals surface area (Å²) in [6.45, 7) is 4.72. The second-order valence-electron chi connectivity index (χ2n) is 7.09. The normalized spacial score (nSPS) is 19.0. The topological polar surface area (TPSA) is 64.8 Å². The molecule has 0 radical (unpaired) electrons. The third-order valence-electron chi connectivity index (χ3n) is 5.27. The van der Waals surface area contributed by atoms with Crippen molar-refractivity contribution < 1.29 is 14.3 Å². The first kappa shape index (κ1) is 19.9. The largest absolute Gasteiger partial charge is 0.454 e. The van der Waals surface area contributed by atoms with Crippen molar-refractivity contribution in [1.82, 2.24) is 4.90 Å². The van der Waals surface area contributed by atoms with Crippen LogP contribution in [0.25, 0.3) is 0 Å². The summed E-state index contributed by atoms with van der Waals surface area (Å²) in [5.74, 6) is 1.54. The van der Waals surface area contributed by atoms with Crippen molar-refractivity contribution in [3.63, 3.8) is 0 Å². The van der Waals surface area contributed by atoms with Crippen LogP contribution in [0.4, 0.5) is 0 Å². The number of rotatable bonds is 5. The number of nitrogens with zero attached hydrogens (tertiary/aromatic N) is 1. The van der Waals surface area contributed by atoms with Gasteiger partial charge >= 0.3 is 0 Å². The van der Waals surface area contributed by atoms with Gasteiger partial charge in [-0.05, 0) is 37.5 Å². The van der Waals surface area contributed by atoms with Gasteiger partial charge in [0.25, 0.3) is 0 Å². The summed E-state index contributed by atoms with van der Waals surface area (Å²) in [7, 11) is 0. The maximum absolute atomic E-state index is 13.0. The molecule has 0 bridgehead atoms. The molecule has 0 saturated heterocycles. The number of carbonyl (C=O) groups is 1. The minimum Gasteiger partial charge on any atom is -0.454 e. The number of fused-ring (bicyclic) bond motifs is 1. The summed E-state index contributed by atoms with van der Waals surface area (Å²) < 4.78 is 10.8. The Morgan fingerprint density at radius 1 is 1.20 bits per heavy atom. The first-order valence-corrected chi connectivity index (χ1v) is 9.01. The number of ether oxygens (including phenoxy) is 2. The number of benzene rings is 1. The Morgan fingerprint density at radius 3 is 2.56 bits per heavy atom. The Bertz CT molecular complexity index is 588. The zero-order valence-electron chi connectivity index (χ0n) is 15.1. The summed E-state index contributed by atoms with van der Waals surface area (Å²) >= 11 is 0. The Hall–Kier alpha value is -1.46. The van der Waals surface area contributed by atoms with Crippen LogP contribution in [0.2, 0.25) is 0 Å². The second kappa shape index (κ2) is 8.77. The van der Waals surface area contributed by atoms with Gasteiger partial charge in [-0.3, -0.25) is 4.79 Å². The average Bonchev–Trinajstić information content (AvgIpc) is 3.06. The van der Waals surface area contributed by atoms with Gasteiger partial charge in [-0.1, -0.05) is 32.3 Å². The van der Waals surface area contributed by atoms with E-state index in [-0.39, 0.29) is 37.1 Å². The monoisotopic (exact) mass is 368 g/mol. The fourth-order valence-corrected chi connectivity index (χ4v) is 3.50. The Kier molecular flexibility index (Phi) is 6.96. The molecule has 5 nitrogen and oxygen atoms in total. The Labute approximate surface area is 156 Å². The molecule has 25 heavy (non-hydrogen) atoms. The molecule has 0 spiro atoms. The van der Waals surface area contributed by atoms with Crippen LogP contribution < -0.4 is 15.2 Å². The van der Waals surface area contributed by atoms with Gasteiger partial charge in [-0.15, -0.1) is 12.4 Å². The lowest BCUT2D eigenvalue weighted by molar-refractivity contribution is -0.139. The molecule has 1 aliphatic carbocycles. The van der Waals surface area contributed by atoms with Crippen molar-refractivity contribution >= 4 is 18.3 Å². The van der Waals surface area contributed by atoms with Gasteiger partial charge in [0.05, 0.1) is 5.92 Å². The molecule has 1 saturated carbocycles. The van der Waals surface area contributed by atoms with Crippen LogP contribution in [0.3, 0.4) is 0 Å². The van der Waals surface area contributed by atoms with E-state index in [1.807, 2.05) is 36.9 Å². The zero-order chi connectivity index (χ0) is 17.1. The van der Waals surface area contributed by atoms with E-state index in [2.05, 4.69) is 0 Å². The summed E-state index contributed by atoms with van der Waals surface area (Å²) in [6, 6.07) is 6.11. The summed E-state index contributed by atoms with van der Waals surface area (Å²) in [5, 5.41) is 0. The lowest BCUT2D eigenvalue weighted by atomic mass is 9.92. The van der Waals surface area contributed by atoms with E-state index < -0.39 is 0 Å². The molecule has 2 N–H and O–H groups in total. The lowest BCUT2D eigenvalue weighted by Crippen LogP contribution is -2.47. The van der Waals surface area contributed by atoms with Crippen LogP contribution in [0.1, 0.15) is 51.5 Å². The molecule has 1 aromatic rings. The van der Waals surface area contributed by atoms with Gasteiger partial charge < -0.3 is 20.1 Å². The molecule has 1 aromatic carbocycles. The zero-order valence-corrected chi connectivity index (χ0v) is 15.9. The lowest BCUT2D eigenvalue weighted by Gasteiger charge is -2.37. The number of amides is 1. The van der Waals surface area contributed by atoms with Crippen LogP contribution in [0.15, 0.2) is 18.2 Å². The molecule has 1 heterocycles. The average molecular weight is 369 g/mol.